The highest BCUT2D eigenvalue weighted by atomic mass is 79.9. The Morgan fingerprint density at radius 3 is 2.36 bits per heavy atom. The zero-order valence-corrected chi connectivity index (χ0v) is 10.6. The third kappa shape index (κ3) is 2.29. The first-order valence-electron chi connectivity index (χ1n) is 4.10. The summed E-state index contributed by atoms with van der Waals surface area (Å²) in [6.07, 6.45) is -4.79. The number of aliphatic hydroxyl groups is 3. The fourth-order valence-electron chi connectivity index (χ4n) is 1.13. The van der Waals surface area contributed by atoms with E-state index >= 15 is 0 Å². The fourth-order valence-corrected chi connectivity index (χ4v) is 2.01. The van der Waals surface area contributed by atoms with Crippen LogP contribution < -0.4 is 0 Å². The Morgan fingerprint density at radius 1 is 1.29 bits per heavy atom. The second kappa shape index (κ2) is 4.73. The van der Waals surface area contributed by atoms with Crippen molar-refractivity contribution < 1.29 is 24.8 Å². The number of alkyl halides is 2. The number of rotatable bonds is 2. The topological polar surface area (TPSA) is 79.2 Å². The first-order chi connectivity index (χ1) is 6.41. The van der Waals surface area contributed by atoms with Gasteiger partial charge in [-0.3, -0.25) is 0 Å². The quantitative estimate of drug-likeness (QED) is 0.614. The average Bonchev–Trinajstić information content (AvgIpc) is 2.12. The van der Waals surface area contributed by atoms with Crippen LogP contribution in [-0.2, 0) is 9.47 Å². The lowest BCUT2D eigenvalue weighted by Crippen LogP contribution is -2.60. The molecule has 0 saturated carbocycles. The summed E-state index contributed by atoms with van der Waals surface area (Å²) in [5, 5.41) is 28.5. The Hall–Kier alpha value is 0.760. The molecule has 0 aromatic heterocycles. The van der Waals surface area contributed by atoms with Gasteiger partial charge in [-0.1, -0.05) is 31.9 Å². The Balaban J connectivity index is 2.76. The summed E-state index contributed by atoms with van der Waals surface area (Å²) in [5.41, 5.74) is 0. The molecule has 0 radical (unpaired) electrons. The smallest absolute Gasteiger partial charge is 0.188 e. The fraction of sp³-hybridized carbons (Fsp3) is 1.00. The maximum atomic E-state index is 9.70. The highest BCUT2D eigenvalue weighted by molar-refractivity contribution is 9.25. The van der Waals surface area contributed by atoms with Gasteiger partial charge in [0, 0.05) is 6.61 Å². The van der Waals surface area contributed by atoms with Crippen LogP contribution in [0.1, 0.15) is 6.92 Å². The van der Waals surface area contributed by atoms with E-state index in [1.165, 1.54) is 0 Å². The molecule has 84 valence electrons. The van der Waals surface area contributed by atoms with Crippen LogP contribution in [0.3, 0.4) is 0 Å². The van der Waals surface area contributed by atoms with Crippen molar-refractivity contribution in [2.75, 3.05) is 6.61 Å². The minimum atomic E-state index is -1.41. The van der Waals surface area contributed by atoms with E-state index in [1.807, 2.05) is 0 Å². The van der Waals surface area contributed by atoms with Crippen LogP contribution in [0.25, 0.3) is 0 Å². The van der Waals surface area contributed by atoms with Crippen molar-refractivity contribution >= 4 is 31.9 Å². The van der Waals surface area contributed by atoms with E-state index in [4.69, 9.17) is 9.47 Å². The van der Waals surface area contributed by atoms with Gasteiger partial charge in [-0.05, 0) is 6.92 Å². The van der Waals surface area contributed by atoms with Gasteiger partial charge >= 0.3 is 0 Å². The lowest BCUT2D eigenvalue weighted by atomic mass is 10.1. The van der Waals surface area contributed by atoms with Gasteiger partial charge in [0.25, 0.3) is 0 Å². The van der Waals surface area contributed by atoms with Gasteiger partial charge in [0.05, 0.1) is 0 Å². The van der Waals surface area contributed by atoms with Crippen LogP contribution in [0.4, 0.5) is 0 Å². The van der Waals surface area contributed by atoms with Crippen LogP contribution in [-0.4, -0.2) is 49.9 Å². The van der Waals surface area contributed by atoms with E-state index in [9.17, 15) is 15.3 Å². The van der Waals surface area contributed by atoms with Crippen molar-refractivity contribution in [1.29, 1.82) is 0 Å². The third-order valence-electron chi connectivity index (χ3n) is 1.92. The Labute approximate surface area is 98.3 Å². The summed E-state index contributed by atoms with van der Waals surface area (Å²) in [7, 11) is 0. The van der Waals surface area contributed by atoms with Crippen LogP contribution in [0.2, 0.25) is 0 Å². The minimum absolute atomic E-state index is 0.334. The maximum absolute atomic E-state index is 9.70. The van der Waals surface area contributed by atoms with Gasteiger partial charge in [-0.15, -0.1) is 0 Å². The van der Waals surface area contributed by atoms with Gasteiger partial charge < -0.3 is 24.8 Å². The molecule has 1 fully saturated rings. The molecule has 3 N–H and O–H groups in total. The molecule has 0 bridgehead atoms. The van der Waals surface area contributed by atoms with E-state index in [0.29, 0.717) is 6.61 Å². The van der Waals surface area contributed by atoms with Gasteiger partial charge in [-0.2, -0.15) is 0 Å². The molecule has 1 heterocycles. The number of aliphatic hydroxyl groups excluding tert-OH is 3. The zero-order valence-electron chi connectivity index (χ0n) is 7.43. The van der Waals surface area contributed by atoms with Gasteiger partial charge in [0.15, 0.2) is 12.6 Å². The van der Waals surface area contributed by atoms with E-state index in [2.05, 4.69) is 31.9 Å². The second-order valence-corrected chi connectivity index (χ2v) is 6.60. The predicted molar refractivity (Wildman–Crippen MR) is 55.1 cm³/mol. The third-order valence-corrected chi connectivity index (χ3v) is 3.80. The van der Waals surface area contributed by atoms with Crippen molar-refractivity contribution in [3.8, 4) is 0 Å². The van der Waals surface area contributed by atoms with Crippen LogP contribution >= 0.6 is 31.9 Å². The van der Waals surface area contributed by atoms with Crippen molar-refractivity contribution in [3.63, 3.8) is 0 Å². The minimum Gasteiger partial charge on any atom is -0.385 e. The lowest BCUT2D eigenvalue weighted by molar-refractivity contribution is -0.312. The Morgan fingerprint density at radius 2 is 1.86 bits per heavy atom. The number of halogens is 2. The van der Waals surface area contributed by atoms with E-state index in [-0.39, 0.29) is 0 Å². The summed E-state index contributed by atoms with van der Waals surface area (Å²) < 4.78 is 8.68. The van der Waals surface area contributed by atoms with Crippen LogP contribution in [0.5, 0.6) is 0 Å². The second-order valence-electron chi connectivity index (χ2n) is 2.91. The molecule has 1 saturated heterocycles. The van der Waals surface area contributed by atoms with Crippen molar-refractivity contribution in [3.05, 3.63) is 0 Å². The average molecular weight is 336 g/mol. The molecule has 4 atom stereocenters. The molecule has 0 aliphatic carbocycles. The first-order valence-corrected chi connectivity index (χ1v) is 5.69. The SMILES string of the molecule is CCOC1OC(O)C(O)C(Br)(Br)C1O. The molecule has 7 heteroatoms. The van der Waals surface area contributed by atoms with Crippen molar-refractivity contribution in [2.45, 2.75) is 34.9 Å². The number of hydrogen-bond acceptors (Lipinski definition) is 5. The molecule has 0 aromatic carbocycles. The molecule has 1 aliphatic rings. The highest BCUT2D eigenvalue weighted by Gasteiger charge is 2.53. The molecule has 0 spiro atoms. The van der Waals surface area contributed by atoms with Crippen molar-refractivity contribution in [1.82, 2.24) is 0 Å². The zero-order chi connectivity index (χ0) is 10.9. The molecule has 4 unspecified atom stereocenters. The summed E-state index contributed by atoms with van der Waals surface area (Å²) in [6, 6.07) is 0. The molecule has 1 rings (SSSR count). The summed E-state index contributed by atoms with van der Waals surface area (Å²) in [4.78, 5) is 0. The monoisotopic (exact) mass is 334 g/mol. The molecular formula is C7H12Br2O5. The standard InChI is InChI=1S/C7H12Br2O5/c1-2-13-6-4(11)7(8,9)3(10)5(12)14-6/h3-6,10-12H,2H2,1H3. The molecule has 1 aliphatic heterocycles. The summed E-state index contributed by atoms with van der Waals surface area (Å²) in [6.45, 7) is 2.07. The summed E-state index contributed by atoms with van der Waals surface area (Å²) in [5.74, 6) is 0. The van der Waals surface area contributed by atoms with Crippen LogP contribution in [0, 0.1) is 0 Å². The normalized spacial score (nSPS) is 42.4. The van der Waals surface area contributed by atoms with Gasteiger partial charge in [0.1, 0.15) is 15.4 Å². The molecular weight excluding hydrogens is 324 g/mol. The number of ether oxygens (including phenoxy) is 2. The molecule has 14 heavy (non-hydrogen) atoms. The molecule has 5 nitrogen and oxygen atoms in total. The largest absolute Gasteiger partial charge is 0.385 e. The predicted octanol–water partition coefficient (Wildman–Crippen LogP) is -0.0945. The Bertz CT molecular complexity index is 201. The van der Waals surface area contributed by atoms with E-state index in [0.717, 1.165) is 0 Å². The molecule has 0 aromatic rings. The first kappa shape index (κ1) is 12.8. The highest BCUT2D eigenvalue weighted by Crippen LogP contribution is 2.41. The summed E-state index contributed by atoms with van der Waals surface area (Å²) >= 11 is 6.14. The lowest BCUT2D eigenvalue weighted by Gasteiger charge is -2.42. The van der Waals surface area contributed by atoms with Gasteiger partial charge in [0.2, 0.25) is 0 Å². The Kier molecular flexibility index (Phi) is 4.34. The van der Waals surface area contributed by atoms with E-state index in [1.54, 1.807) is 6.92 Å². The van der Waals surface area contributed by atoms with Crippen molar-refractivity contribution in [2.24, 2.45) is 0 Å². The molecule has 0 amide bonds. The maximum Gasteiger partial charge on any atom is 0.188 e. The van der Waals surface area contributed by atoms with Gasteiger partial charge in [-0.25, -0.2) is 0 Å². The number of hydrogen-bond donors (Lipinski definition) is 3. The van der Waals surface area contributed by atoms with E-state index < -0.39 is 28.0 Å². The van der Waals surface area contributed by atoms with Crippen LogP contribution in [0.15, 0.2) is 0 Å².